The van der Waals surface area contributed by atoms with Crippen molar-refractivity contribution in [1.29, 1.82) is 0 Å². The van der Waals surface area contributed by atoms with Crippen LogP contribution in [-0.2, 0) is 9.46 Å². The summed E-state index contributed by atoms with van der Waals surface area (Å²) in [5.41, 5.74) is 0. The third kappa shape index (κ3) is 2.06. The summed E-state index contributed by atoms with van der Waals surface area (Å²) in [6, 6.07) is 1.18. The largest absolute Gasteiger partial charge is 0.287 e. The first-order valence-corrected chi connectivity index (χ1v) is 3.63. The molecule has 3 heteroatoms. The molecule has 1 heterocycles. The van der Waals surface area contributed by atoms with Gasteiger partial charge in [0.05, 0.1) is 6.61 Å². The fourth-order valence-electron chi connectivity index (χ4n) is 0.483. The molecule has 0 aromatic heterocycles. The van der Waals surface area contributed by atoms with Gasteiger partial charge in [-0.2, -0.15) is 0 Å². The lowest BCUT2D eigenvalue weighted by Crippen LogP contribution is -1.93. The van der Waals surface area contributed by atoms with Crippen LogP contribution in [-0.4, -0.2) is 16.4 Å². The Labute approximate surface area is 45.7 Å². The number of rotatable bonds is 0. The van der Waals surface area contributed by atoms with Gasteiger partial charge in [-0.05, 0) is 12.5 Å². The Bertz CT molecular complexity index is 29.3. The maximum absolute atomic E-state index is 4.72. The van der Waals surface area contributed by atoms with Crippen LogP contribution in [0.15, 0.2) is 0 Å². The van der Waals surface area contributed by atoms with E-state index in [4.69, 9.17) is 9.46 Å². The van der Waals surface area contributed by atoms with E-state index in [1.54, 1.807) is 0 Å². The lowest BCUT2D eigenvalue weighted by Gasteiger charge is -1.91. The molecule has 0 N–H and O–H groups in total. The summed E-state index contributed by atoms with van der Waals surface area (Å²) >= 11 is 0. The lowest BCUT2D eigenvalue weighted by atomic mass is 10.4. The fraction of sp³-hybridized carbons (Fsp3) is 1.00. The smallest absolute Gasteiger partial charge is 0.282 e. The van der Waals surface area contributed by atoms with Crippen molar-refractivity contribution >= 4 is 9.76 Å². The minimum Gasteiger partial charge on any atom is -0.287 e. The van der Waals surface area contributed by atoms with E-state index in [-0.39, 0.29) is 0 Å². The van der Waals surface area contributed by atoms with Crippen molar-refractivity contribution in [3.63, 3.8) is 0 Å². The highest BCUT2D eigenvalue weighted by molar-refractivity contribution is 6.26. The molecule has 0 aromatic carbocycles. The summed E-state index contributed by atoms with van der Waals surface area (Å²) in [6.07, 6.45) is 2.42. The summed E-state index contributed by atoms with van der Waals surface area (Å²) in [5.74, 6) is 0. The molecule has 1 fully saturated rings. The van der Waals surface area contributed by atoms with Crippen molar-refractivity contribution in [2.45, 2.75) is 18.9 Å². The molecule has 1 aliphatic rings. The van der Waals surface area contributed by atoms with Crippen LogP contribution >= 0.6 is 0 Å². The summed E-state index contributed by atoms with van der Waals surface area (Å²) in [5, 5.41) is 0. The molecule has 1 rings (SSSR count). The van der Waals surface area contributed by atoms with E-state index in [2.05, 4.69) is 0 Å². The van der Waals surface area contributed by atoms with Gasteiger partial charge < -0.3 is 0 Å². The zero-order valence-corrected chi connectivity index (χ0v) is 5.14. The van der Waals surface area contributed by atoms with Crippen LogP contribution in [0.4, 0.5) is 0 Å². The molecular weight excluding hydrogens is 108 g/mol. The molecule has 0 saturated carbocycles. The number of hydrogen-bond acceptors (Lipinski definition) is 2. The first-order chi connectivity index (χ1) is 3.50. The van der Waals surface area contributed by atoms with Gasteiger partial charge in [0.15, 0.2) is 0 Å². The van der Waals surface area contributed by atoms with Crippen molar-refractivity contribution in [2.24, 2.45) is 0 Å². The monoisotopic (exact) mass is 116 g/mol. The second-order valence-corrected chi connectivity index (χ2v) is 2.46. The minimum atomic E-state index is 0.573. The number of hydrogen-bond donors (Lipinski definition) is 0. The SMILES string of the molecule is C1CC[Si]OOC1. The summed E-state index contributed by atoms with van der Waals surface area (Å²) in [6.45, 7) is 0.785. The van der Waals surface area contributed by atoms with E-state index in [0.29, 0.717) is 9.76 Å². The molecule has 0 aromatic rings. The summed E-state index contributed by atoms with van der Waals surface area (Å²) < 4.78 is 4.72. The van der Waals surface area contributed by atoms with Gasteiger partial charge in [-0.1, -0.05) is 6.42 Å². The first-order valence-electron chi connectivity index (χ1n) is 2.51. The van der Waals surface area contributed by atoms with Crippen LogP contribution in [0.3, 0.4) is 0 Å². The highest BCUT2D eigenvalue weighted by atomic mass is 28.2. The maximum atomic E-state index is 4.72. The second kappa shape index (κ2) is 3.18. The van der Waals surface area contributed by atoms with Gasteiger partial charge in [0, 0.05) is 0 Å². The van der Waals surface area contributed by atoms with Gasteiger partial charge in [-0.15, -0.1) is 0 Å². The van der Waals surface area contributed by atoms with Gasteiger partial charge in [-0.3, -0.25) is 4.58 Å². The Morgan fingerprint density at radius 2 is 2.29 bits per heavy atom. The molecule has 0 aliphatic carbocycles. The predicted molar refractivity (Wildman–Crippen MR) is 26.8 cm³/mol. The quantitative estimate of drug-likeness (QED) is 0.344. The van der Waals surface area contributed by atoms with Crippen LogP contribution in [0.5, 0.6) is 0 Å². The standard InChI is InChI=1S/C4H8O2Si/c1-2-4-7-6-5-3-1/h1-4H2. The Hall–Kier alpha value is 0.137. The van der Waals surface area contributed by atoms with Gasteiger partial charge in [0.1, 0.15) is 0 Å². The molecule has 0 bridgehead atoms. The third-order valence-corrected chi connectivity index (χ3v) is 1.67. The molecule has 2 radical (unpaired) electrons. The lowest BCUT2D eigenvalue weighted by molar-refractivity contribution is -0.204. The average molecular weight is 116 g/mol. The predicted octanol–water partition coefficient (Wildman–Crippen LogP) is 0.766. The normalized spacial score (nSPS) is 24.0. The molecule has 1 saturated heterocycles. The van der Waals surface area contributed by atoms with Gasteiger partial charge >= 0.3 is 0 Å². The van der Waals surface area contributed by atoms with E-state index < -0.39 is 0 Å². The summed E-state index contributed by atoms with van der Waals surface area (Å²) in [4.78, 5) is 4.71. The molecular formula is C4H8O2Si. The Morgan fingerprint density at radius 3 is 3.29 bits per heavy atom. The van der Waals surface area contributed by atoms with Crippen LogP contribution in [0.2, 0.25) is 6.04 Å². The molecule has 0 spiro atoms. The van der Waals surface area contributed by atoms with Gasteiger partial charge in [0.2, 0.25) is 0 Å². The molecule has 1 aliphatic heterocycles. The van der Waals surface area contributed by atoms with E-state index in [9.17, 15) is 0 Å². The minimum absolute atomic E-state index is 0.573. The van der Waals surface area contributed by atoms with Crippen molar-refractivity contribution in [2.75, 3.05) is 6.61 Å². The van der Waals surface area contributed by atoms with Crippen molar-refractivity contribution in [1.82, 2.24) is 0 Å². The third-order valence-electron chi connectivity index (χ3n) is 0.874. The molecule has 0 atom stereocenters. The van der Waals surface area contributed by atoms with Crippen LogP contribution in [0, 0.1) is 0 Å². The molecule has 40 valence electrons. The fourth-order valence-corrected chi connectivity index (χ4v) is 1.13. The Morgan fingerprint density at radius 1 is 1.29 bits per heavy atom. The summed E-state index contributed by atoms with van der Waals surface area (Å²) in [7, 11) is 0.573. The Kier molecular flexibility index (Phi) is 2.40. The van der Waals surface area contributed by atoms with Crippen molar-refractivity contribution in [3.8, 4) is 0 Å². The van der Waals surface area contributed by atoms with E-state index in [1.165, 1.54) is 12.5 Å². The van der Waals surface area contributed by atoms with Crippen LogP contribution in [0.1, 0.15) is 12.8 Å². The van der Waals surface area contributed by atoms with Crippen molar-refractivity contribution < 1.29 is 9.46 Å². The second-order valence-electron chi connectivity index (χ2n) is 1.51. The molecule has 7 heavy (non-hydrogen) atoms. The Balaban J connectivity index is 2.04. The van der Waals surface area contributed by atoms with E-state index >= 15 is 0 Å². The molecule has 0 amide bonds. The highest BCUT2D eigenvalue weighted by Crippen LogP contribution is 2.00. The van der Waals surface area contributed by atoms with Crippen molar-refractivity contribution in [3.05, 3.63) is 0 Å². The molecule has 0 unspecified atom stereocenters. The zero-order valence-electron chi connectivity index (χ0n) is 4.14. The molecule has 2 nitrogen and oxygen atoms in total. The van der Waals surface area contributed by atoms with Crippen LogP contribution < -0.4 is 0 Å². The first kappa shape index (κ1) is 5.28. The van der Waals surface area contributed by atoms with E-state index in [1.807, 2.05) is 0 Å². The van der Waals surface area contributed by atoms with Gasteiger partial charge in [0.25, 0.3) is 9.76 Å². The van der Waals surface area contributed by atoms with Crippen LogP contribution in [0.25, 0.3) is 0 Å². The maximum Gasteiger partial charge on any atom is 0.282 e. The highest BCUT2D eigenvalue weighted by Gasteiger charge is 1.98. The average Bonchev–Trinajstić information content (AvgIpc) is 1.90. The van der Waals surface area contributed by atoms with E-state index in [0.717, 1.165) is 13.0 Å². The topological polar surface area (TPSA) is 18.5 Å². The zero-order chi connectivity index (χ0) is 4.95. The van der Waals surface area contributed by atoms with Gasteiger partial charge in [-0.25, -0.2) is 4.89 Å².